The van der Waals surface area contributed by atoms with Crippen molar-refractivity contribution in [1.29, 1.82) is 0 Å². The molecule has 2 saturated heterocycles. The molecule has 2 aromatic carbocycles. The fraction of sp³-hybridized carbons (Fsp3) is 0.357. The van der Waals surface area contributed by atoms with Crippen molar-refractivity contribution in [1.82, 2.24) is 10.2 Å². The van der Waals surface area contributed by atoms with Gasteiger partial charge in [-0.1, -0.05) is 65.8 Å². The van der Waals surface area contributed by atoms with E-state index >= 15 is 0 Å². The minimum absolute atomic E-state index is 0.0793. The molecule has 14 heteroatoms. The van der Waals surface area contributed by atoms with Crippen LogP contribution in [-0.4, -0.2) is 94.5 Å². The molecule has 1 N–H and O–H groups in total. The van der Waals surface area contributed by atoms with Crippen molar-refractivity contribution in [3.8, 4) is 0 Å². The molecule has 4 rings (SSSR count). The summed E-state index contributed by atoms with van der Waals surface area (Å²) in [5.74, 6) is -3.73. The van der Waals surface area contributed by atoms with Crippen molar-refractivity contribution in [2.75, 3.05) is 38.2 Å². The number of benzene rings is 2. The number of fused-ring (bicyclic) bond motifs is 1. The van der Waals surface area contributed by atoms with E-state index in [1.165, 1.54) is 28.4 Å². The lowest BCUT2D eigenvalue weighted by atomic mass is 10.00. The van der Waals surface area contributed by atoms with Gasteiger partial charge in [-0.25, -0.2) is 4.79 Å². The van der Waals surface area contributed by atoms with Gasteiger partial charge < -0.3 is 24.5 Å². The summed E-state index contributed by atoms with van der Waals surface area (Å²) in [6.45, 7) is -0.546. The highest BCUT2D eigenvalue weighted by molar-refractivity contribution is 8.04. The van der Waals surface area contributed by atoms with Gasteiger partial charge in [-0.3, -0.25) is 19.2 Å². The summed E-state index contributed by atoms with van der Waals surface area (Å²) in [6, 6.07) is 17.9. The van der Waals surface area contributed by atoms with Crippen molar-refractivity contribution in [2.45, 2.75) is 22.3 Å². The van der Waals surface area contributed by atoms with Gasteiger partial charge in [0.25, 0.3) is 5.91 Å². The largest absolute Gasteiger partial charge is 0.466 e. The molecule has 2 unspecified atom stereocenters. The number of alkyl halides is 1. The highest BCUT2D eigenvalue weighted by Gasteiger charge is 2.58. The minimum atomic E-state index is -1.05. The molecule has 0 saturated carbocycles. The number of esters is 2. The lowest BCUT2D eigenvalue weighted by Gasteiger charge is -2.53. The zero-order valence-electron chi connectivity index (χ0n) is 22.7. The summed E-state index contributed by atoms with van der Waals surface area (Å²) in [5, 5.41) is 5.46. The second kappa shape index (κ2) is 14.1. The number of halogens is 1. The smallest absolute Gasteiger partial charge is 0.346 e. The molecular weight excluding hydrogens is 606 g/mol. The van der Waals surface area contributed by atoms with Crippen LogP contribution in [0.15, 0.2) is 65.8 Å². The lowest BCUT2D eigenvalue weighted by molar-refractivity contribution is -0.156. The van der Waals surface area contributed by atoms with Gasteiger partial charge in [0.15, 0.2) is 6.10 Å². The summed E-state index contributed by atoms with van der Waals surface area (Å²) >= 11 is 8.22. The number of nitrogens with one attached hydrogen (secondary N) is 1. The Balaban J connectivity index is 1.45. The van der Waals surface area contributed by atoms with Gasteiger partial charge in [0, 0.05) is 12.3 Å². The molecule has 42 heavy (non-hydrogen) atoms. The molecule has 0 bridgehead atoms. The Kier molecular flexibility index (Phi) is 10.5. The molecule has 2 fully saturated rings. The third kappa shape index (κ3) is 6.74. The van der Waals surface area contributed by atoms with E-state index in [0.29, 0.717) is 5.75 Å². The van der Waals surface area contributed by atoms with E-state index in [-0.39, 0.29) is 6.54 Å². The second-order valence-corrected chi connectivity index (χ2v) is 11.8. The Labute approximate surface area is 255 Å². The second-order valence-electron chi connectivity index (χ2n) is 9.27. The average molecular weight is 634 g/mol. The maximum Gasteiger partial charge on any atom is 0.346 e. The fourth-order valence-corrected chi connectivity index (χ4v) is 7.05. The van der Waals surface area contributed by atoms with Crippen LogP contribution < -0.4 is 5.32 Å². The zero-order valence-corrected chi connectivity index (χ0v) is 25.1. The van der Waals surface area contributed by atoms with Crippen molar-refractivity contribution in [3.63, 3.8) is 0 Å². The van der Waals surface area contributed by atoms with Crippen LogP contribution >= 0.6 is 35.1 Å². The monoisotopic (exact) mass is 633 g/mol. The van der Waals surface area contributed by atoms with Gasteiger partial charge in [0.05, 0.1) is 13.0 Å². The molecule has 0 radical (unpaired) electrons. The first-order chi connectivity index (χ1) is 20.2. The number of Topliss-reactive ketones (excluding diaryl/α,β-unsaturated/α-hetero) is 1. The molecular formula is C28H28ClN3O8S2. The number of nitrogens with zero attached hydrogens (tertiary/aromatic N) is 2. The normalized spacial score (nSPS) is 21.6. The minimum Gasteiger partial charge on any atom is -0.466 e. The number of hydrogen-bond donors (Lipinski definition) is 1. The average Bonchev–Trinajstić information content (AvgIpc) is 3.04. The van der Waals surface area contributed by atoms with Crippen molar-refractivity contribution < 1.29 is 38.3 Å². The highest BCUT2D eigenvalue weighted by Crippen LogP contribution is 2.44. The molecule has 2 aliphatic rings. The SMILES string of the molecule is COC(=O)CON=C(C(=O)CCl)C(=O)NC1C(=O)N2CC(SC)(C(=O)OC(c3ccccc3)c3ccccc3)CS[C@H]12. The summed E-state index contributed by atoms with van der Waals surface area (Å²) < 4.78 is 9.51. The van der Waals surface area contributed by atoms with E-state index in [1.54, 1.807) is 6.26 Å². The summed E-state index contributed by atoms with van der Waals surface area (Å²) in [7, 11) is 1.14. The number of oxime groups is 1. The molecule has 222 valence electrons. The van der Waals surface area contributed by atoms with Crippen LogP contribution in [0.2, 0.25) is 0 Å². The van der Waals surface area contributed by atoms with Crippen molar-refractivity contribution >= 4 is 70.4 Å². The lowest BCUT2D eigenvalue weighted by Crippen LogP contribution is -2.75. The van der Waals surface area contributed by atoms with Gasteiger partial charge in [0.1, 0.15) is 16.2 Å². The van der Waals surface area contributed by atoms with Crippen molar-refractivity contribution in [2.24, 2.45) is 5.16 Å². The quantitative estimate of drug-likeness (QED) is 0.0923. The van der Waals surface area contributed by atoms with E-state index in [0.717, 1.165) is 18.2 Å². The molecule has 2 amide bonds. The number of methoxy groups -OCH3 is 1. The topological polar surface area (TPSA) is 141 Å². The van der Waals surface area contributed by atoms with Crippen LogP contribution in [0.4, 0.5) is 0 Å². The molecule has 0 spiro atoms. The van der Waals surface area contributed by atoms with Crippen LogP contribution in [0.25, 0.3) is 0 Å². The first-order valence-electron chi connectivity index (χ1n) is 12.7. The molecule has 0 aliphatic carbocycles. The van der Waals surface area contributed by atoms with E-state index < -0.39 is 70.0 Å². The third-order valence-electron chi connectivity index (χ3n) is 6.70. The summed E-state index contributed by atoms with van der Waals surface area (Å²) in [4.78, 5) is 69.3. The van der Waals surface area contributed by atoms with E-state index in [1.807, 2.05) is 60.7 Å². The van der Waals surface area contributed by atoms with Crippen molar-refractivity contribution in [3.05, 3.63) is 71.8 Å². The third-order valence-corrected chi connectivity index (χ3v) is 9.87. The van der Waals surface area contributed by atoms with Gasteiger partial charge in [-0.15, -0.1) is 35.1 Å². The predicted octanol–water partition coefficient (Wildman–Crippen LogP) is 2.17. The maximum atomic E-state index is 13.7. The molecule has 0 aromatic heterocycles. The number of thioether (sulfide) groups is 2. The van der Waals surface area contributed by atoms with Crippen LogP contribution in [-0.2, 0) is 38.3 Å². The van der Waals surface area contributed by atoms with Gasteiger partial charge in [-0.05, 0) is 17.4 Å². The Morgan fingerprint density at radius 2 is 1.74 bits per heavy atom. The Hall–Kier alpha value is -3.55. The Morgan fingerprint density at radius 1 is 1.12 bits per heavy atom. The Morgan fingerprint density at radius 3 is 2.29 bits per heavy atom. The number of carbonyl (C=O) groups excluding carboxylic acids is 5. The number of carbonyl (C=O) groups is 5. The highest BCUT2D eigenvalue weighted by atomic mass is 35.5. The van der Waals surface area contributed by atoms with Crippen LogP contribution in [0.3, 0.4) is 0 Å². The maximum absolute atomic E-state index is 13.7. The molecule has 11 nitrogen and oxygen atoms in total. The number of ketones is 1. The first kappa shape index (κ1) is 31.4. The van der Waals surface area contributed by atoms with Crippen LogP contribution in [0.5, 0.6) is 0 Å². The van der Waals surface area contributed by atoms with E-state index in [4.69, 9.17) is 21.2 Å². The zero-order chi connectivity index (χ0) is 30.3. The number of β-lactam (4-membered cyclic amide) rings is 1. The van der Waals surface area contributed by atoms with E-state index in [2.05, 4.69) is 15.2 Å². The summed E-state index contributed by atoms with van der Waals surface area (Å²) in [6.07, 6.45) is 1.16. The molecule has 2 aromatic rings. The number of ether oxygens (including phenoxy) is 2. The standard InChI is InChI=1S/C28H28ClN3O8S2/c1-38-20(34)14-39-31-21(19(33)13-29)24(35)30-22-25(36)32-15-28(41-2,16-42-26(22)32)27(37)40-23(17-9-5-3-6-10-17)18-11-7-4-8-12-18/h3-12,22-23,26H,13-16H2,1-2H3,(H,30,35)/t22?,26-,28?/m1/s1. The number of amides is 2. The van der Waals surface area contributed by atoms with Gasteiger partial charge in [0.2, 0.25) is 24.0 Å². The van der Waals surface area contributed by atoms with Gasteiger partial charge in [-0.2, -0.15) is 0 Å². The summed E-state index contributed by atoms with van der Waals surface area (Å²) in [5.41, 5.74) is 0.949. The predicted molar refractivity (Wildman–Crippen MR) is 158 cm³/mol. The van der Waals surface area contributed by atoms with Gasteiger partial charge >= 0.3 is 11.9 Å². The molecule has 2 aliphatic heterocycles. The van der Waals surface area contributed by atoms with Crippen LogP contribution in [0, 0.1) is 0 Å². The first-order valence-corrected chi connectivity index (χ1v) is 15.5. The molecule has 3 atom stereocenters. The van der Waals surface area contributed by atoms with Crippen LogP contribution in [0.1, 0.15) is 17.2 Å². The number of hydrogen-bond acceptors (Lipinski definition) is 11. The Bertz CT molecular complexity index is 1320. The fourth-order valence-electron chi connectivity index (χ4n) is 4.38. The molecule has 2 heterocycles. The number of rotatable bonds is 12. The van der Waals surface area contributed by atoms with E-state index in [9.17, 15) is 24.0 Å².